The Hall–Kier alpha value is -2.25. The zero-order valence-electron chi connectivity index (χ0n) is 11.1. The summed E-state index contributed by atoms with van der Waals surface area (Å²) in [5.74, 6) is -1.81. The number of halogens is 3. The Labute approximate surface area is 118 Å². The van der Waals surface area contributed by atoms with Gasteiger partial charge in [0.2, 0.25) is 5.91 Å². The third kappa shape index (κ3) is 7.19. The van der Waals surface area contributed by atoms with Gasteiger partial charge in [-0.15, -0.1) is 13.2 Å². The van der Waals surface area contributed by atoms with Crippen LogP contribution in [0.15, 0.2) is 24.3 Å². The second-order valence-corrected chi connectivity index (χ2v) is 4.43. The molecule has 0 radical (unpaired) electrons. The number of benzene rings is 1. The molecule has 1 atom stereocenters. The molecule has 1 aromatic carbocycles. The Morgan fingerprint density at radius 2 is 1.86 bits per heavy atom. The van der Waals surface area contributed by atoms with E-state index in [1.165, 1.54) is 12.1 Å². The lowest BCUT2D eigenvalue weighted by molar-refractivity contribution is -0.274. The first-order valence-electron chi connectivity index (χ1n) is 6.01. The van der Waals surface area contributed by atoms with Gasteiger partial charge in [0.15, 0.2) is 0 Å². The van der Waals surface area contributed by atoms with Crippen molar-refractivity contribution in [2.24, 2.45) is 0 Å². The maximum absolute atomic E-state index is 12.0. The molecule has 1 unspecified atom stereocenters. The molecule has 1 aromatic rings. The molecular formula is C13H14F3NO4. The van der Waals surface area contributed by atoms with E-state index in [9.17, 15) is 22.8 Å². The molecule has 0 aromatic heterocycles. The molecule has 0 aliphatic rings. The van der Waals surface area contributed by atoms with Crippen molar-refractivity contribution in [1.82, 2.24) is 5.32 Å². The highest BCUT2D eigenvalue weighted by atomic mass is 19.4. The van der Waals surface area contributed by atoms with E-state index in [0.717, 1.165) is 12.1 Å². The highest BCUT2D eigenvalue weighted by Gasteiger charge is 2.30. The minimum atomic E-state index is -4.76. The minimum absolute atomic E-state index is 0.0593. The van der Waals surface area contributed by atoms with Crippen molar-refractivity contribution < 1.29 is 32.6 Å². The van der Waals surface area contributed by atoms with Crippen molar-refractivity contribution in [3.05, 3.63) is 29.8 Å². The van der Waals surface area contributed by atoms with Gasteiger partial charge in [-0.2, -0.15) is 0 Å². The molecule has 5 nitrogen and oxygen atoms in total. The summed E-state index contributed by atoms with van der Waals surface area (Å²) < 4.78 is 39.6. The van der Waals surface area contributed by atoms with Crippen molar-refractivity contribution in [3.8, 4) is 5.75 Å². The summed E-state index contributed by atoms with van der Waals surface area (Å²) >= 11 is 0. The second kappa shape index (κ2) is 6.96. The first kappa shape index (κ1) is 16.8. The first-order chi connectivity index (χ1) is 9.65. The number of alkyl halides is 3. The van der Waals surface area contributed by atoms with E-state index in [4.69, 9.17) is 5.11 Å². The molecule has 0 aliphatic heterocycles. The van der Waals surface area contributed by atoms with Crippen molar-refractivity contribution in [3.63, 3.8) is 0 Å². The van der Waals surface area contributed by atoms with Crippen LogP contribution in [-0.2, 0) is 16.0 Å². The van der Waals surface area contributed by atoms with Gasteiger partial charge in [0, 0.05) is 6.04 Å². The zero-order chi connectivity index (χ0) is 16.0. The van der Waals surface area contributed by atoms with Crippen LogP contribution >= 0.6 is 0 Å². The molecule has 0 saturated heterocycles. The molecule has 0 bridgehead atoms. The number of rotatable bonds is 6. The summed E-state index contributed by atoms with van der Waals surface area (Å²) in [6, 6.07) is 4.36. The van der Waals surface area contributed by atoms with E-state index in [0.29, 0.717) is 5.56 Å². The Kier molecular flexibility index (Phi) is 5.57. The molecule has 116 valence electrons. The molecule has 2 N–H and O–H groups in total. The molecule has 0 fully saturated rings. The van der Waals surface area contributed by atoms with E-state index in [1.807, 2.05) is 0 Å². The molecule has 8 heteroatoms. The van der Waals surface area contributed by atoms with E-state index >= 15 is 0 Å². The second-order valence-electron chi connectivity index (χ2n) is 4.43. The normalized spacial score (nSPS) is 12.6. The largest absolute Gasteiger partial charge is 0.573 e. The van der Waals surface area contributed by atoms with Crippen LogP contribution in [0.5, 0.6) is 5.75 Å². The van der Waals surface area contributed by atoms with Crippen LogP contribution < -0.4 is 10.1 Å². The lowest BCUT2D eigenvalue weighted by atomic mass is 10.1. The van der Waals surface area contributed by atoms with E-state index in [1.54, 1.807) is 6.92 Å². The molecule has 1 rings (SSSR count). The SMILES string of the molecule is CC(CC(=O)O)NC(=O)Cc1ccc(OC(F)(F)F)cc1. The summed E-state index contributed by atoms with van der Waals surface area (Å²) in [5.41, 5.74) is 0.490. The Bertz CT molecular complexity index is 499. The number of ether oxygens (including phenoxy) is 1. The van der Waals surface area contributed by atoms with Gasteiger partial charge in [-0.3, -0.25) is 9.59 Å². The van der Waals surface area contributed by atoms with Gasteiger partial charge in [-0.1, -0.05) is 12.1 Å². The van der Waals surface area contributed by atoms with Gasteiger partial charge in [-0.25, -0.2) is 0 Å². The van der Waals surface area contributed by atoms with E-state index in [2.05, 4.69) is 10.1 Å². The summed E-state index contributed by atoms with van der Waals surface area (Å²) in [6.07, 6.45) is -5.02. The summed E-state index contributed by atoms with van der Waals surface area (Å²) in [6.45, 7) is 1.55. The number of carboxylic acid groups (broad SMARTS) is 1. The van der Waals surface area contributed by atoms with Crippen molar-refractivity contribution in [1.29, 1.82) is 0 Å². The molecule has 1 amide bonds. The van der Waals surface area contributed by atoms with Gasteiger partial charge in [-0.05, 0) is 24.6 Å². The average Bonchev–Trinajstić information content (AvgIpc) is 2.28. The van der Waals surface area contributed by atoms with Gasteiger partial charge in [0.25, 0.3) is 0 Å². The summed E-state index contributed by atoms with van der Waals surface area (Å²) in [7, 11) is 0. The Morgan fingerprint density at radius 1 is 1.29 bits per heavy atom. The molecule has 0 heterocycles. The minimum Gasteiger partial charge on any atom is -0.481 e. The van der Waals surface area contributed by atoms with Crippen LogP contribution in [0.2, 0.25) is 0 Å². The maximum Gasteiger partial charge on any atom is 0.573 e. The monoisotopic (exact) mass is 305 g/mol. The quantitative estimate of drug-likeness (QED) is 0.844. The predicted octanol–water partition coefficient (Wildman–Crippen LogP) is 2.11. The molecular weight excluding hydrogens is 291 g/mol. The topological polar surface area (TPSA) is 75.6 Å². The van der Waals surface area contributed by atoms with Crippen LogP contribution in [0.3, 0.4) is 0 Å². The number of carbonyl (C=O) groups excluding carboxylic acids is 1. The first-order valence-corrected chi connectivity index (χ1v) is 6.01. The third-order valence-electron chi connectivity index (χ3n) is 2.41. The highest BCUT2D eigenvalue weighted by Crippen LogP contribution is 2.22. The number of nitrogens with one attached hydrogen (secondary N) is 1. The van der Waals surface area contributed by atoms with Crippen LogP contribution in [0, 0.1) is 0 Å². The summed E-state index contributed by atoms with van der Waals surface area (Å²) in [5, 5.41) is 11.0. The van der Waals surface area contributed by atoms with Crippen molar-refractivity contribution >= 4 is 11.9 Å². The Morgan fingerprint density at radius 3 is 2.33 bits per heavy atom. The number of hydrogen-bond acceptors (Lipinski definition) is 3. The number of amides is 1. The summed E-state index contributed by atoms with van der Waals surface area (Å²) in [4.78, 5) is 22.0. The lowest BCUT2D eigenvalue weighted by Gasteiger charge is -2.12. The fraction of sp³-hybridized carbons (Fsp3) is 0.385. The number of carbonyl (C=O) groups is 2. The highest BCUT2D eigenvalue weighted by molar-refractivity contribution is 5.79. The van der Waals surface area contributed by atoms with Gasteiger partial charge in [0.05, 0.1) is 12.8 Å². The number of carboxylic acids is 1. The van der Waals surface area contributed by atoms with E-state index in [-0.39, 0.29) is 18.6 Å². The third-order valence-corrected chi connectivity index (χ3v) is 2.41. The standard InChI is InChI=1S/C13H14F3NO4/c1-8(6-12(19)20)17-11(18)7-9-2-4-10(5-3-9)21-13(14,15)16/h2-5,8H,6-7H2,1H3,(H,17,18)(H,19,20). The zero-order valence-corrected chi connectivity index (χ0v) is 11.1. The predicted molar refractivity (Wildman–Crippen MR) is 66.7 cm³/mol. The van der Waals surface area contributed by atoms with Crippen LogP contribution in [0.25, 0.3) is 0 Å². The van der Waals surface area contributed by atoms with Crippen LogP contribution in [0.4, 0.5) is 13.2 Å². The van der Waals surface area contributed by atoms with Gasteiger partial charge < -0.3 is 15.2 Å². The van der Waals surface area contributed by atoms with Gasteiger partial charge in [0.1, 0.15) is 5.75 Å². The average molecular weight is 305 g/mol. The van der Waals surface area contributed by atoms with Crippen LogP contribution in [-0.4, -0.2) is 29.4 Å². The number of hydrogen-bond donors (Lipinski definition) is 2. The maximum atomic E-state index is 12.0. The fourth-order valence-electron chi connectivity index (χ4n) is 1.63. The van der Waals surface area contributed by atoms with Crippen molar-refractivity contribution in [2.45, 2.75) is 32.2 Å². The Balaban J connectivity index is 2.52. The smallest absolute Gasteiger partial charge is 0.481 e. The van der Waals surface area contributed by atoms with E-state index < -0.39 is 24.3 Å². The fourth-order valence-corrected chi connectivity index (χ4v) is 1.63. The van der Waals surface area contributed by atoms with Crippen molar-refractivity contribution in [2.75, 3.05) is 0 Å². The lowest BCUT2D eigenvalue weighted by Crippen LogP contribution is -2.35. The molecule has 0 spiro atoms. The molecule has 0 aliphatic carbocycles. The van der Waals surface area contributed by atoms with Crippen LogP contribution in [0.1, 0.15) is 18.9 Å². The van der Waals surface area contributed by atoms with Gasteiger partial charge >= 0.3 is 12.3 Å². The molecule has 21 heavy (non-hydrogen) atoms. The molecule has 0 saturated carbocycles. The number of aliphatic carboxylic acids is 1.